The van der Waals surface area contributed by atoms with E-state index in [1.54, 1.807) is 36.4 Å². The molecule has 6 rings (SSSR count). The number of phenolic OH excluding ortho intramolecular Hbond substituents is 2. The number of benzene rings is 4. The largest absolute Gasteiger partial charge is 0.507 e. The fourth-order valence-electron chi connectivity index (χ4n) is 9.72. The van der Waals surface area contributed by atoms with E-state index >= 15 is 0 Å². The molecule has 6 N–H and O–H groups in total. The monoisotopic (exact) mass is 1100 g/mol. The molecule has 0 spiro atoms. The molecule has 2 unspecified atom stereocenters. The quantitative estimate of drug-likeness (QED) is 0.0279. The number of ketones is 6. The third-order valence-electron chi connectivity index (χ3n) is 13.9. The molecule has 0 radical (unpaired) electrons. The van der Waals surface area contributed by atoms with E-state index in [4.69, 9.17) is 38.6 Å². The van der Waals surface area contributed by atoms with Crippen LogP contribution in [0.25, 0.3) is 0 Å². The minimum Gasteiger partial charge on any atom is -0.507 e. The van der Waals surface area contributed by atoms with Crippen LogP contribution >= 0.6 is 0 Å². The van der Waals surface area contributed by atoms with Gasteiger partial charge in [-0.3, -0.25) is 28.8 Å². The summed E-state index contributed by atoms with van der Waals surface area (Å²) in [5.41, 5.74) is 2.91. The summed E-state index contributed by atoms with van der Waals surface area (Å²) in [4.78, 5) is 72.9. The Bertz CT molecular complexity index is 2590. The molecule has 0 bridgehead atoms. The fourth-order valence-corrected chi connectivity index (χ4v) is 9.72. The van der Waals surface area contributed by atoms with Crippen molar-refractivity contribution in [3.05, 3.63) is 93.0 Å². The van der Waals surface area contributed by atoms with E-state index in [0.717, 1.165) is 36.8 Å². The van der Waals surface area contributed by atoms with Crippen molar-refractivity contribution in [2.75, 3.05) is 39.6 Å². The molecule has 4 aromatic carbocycles. The molecule has 2 heterocycles. The standard InChI is InChI=1S/2C31H40O8.H2O/c2*1-5-8-24-27(12-10-22(20(3)33)29(24)36)37-16-7-17-38-28-13-11-23-26(35)18-31(4,15-14-21(34)19-32)39-30(23)25(28)9-6-2;/h2*10-13,32,36H,5-9,14-19H2,1-4H3;1H2. The van der Waals surface area contributed by atoms with Crippen molar-refractivity contribution in [3.63, 3.8) is 0 Å². The van der Waals surface area contributed by atoms with Crippen LogP contribution in [0.3, 0.4) is 0 Å². The summed E-state index contributed by atoms with van der Waals surface area (Å²) >= 11 is 0. The zero-order valence-corrected chi connectivity index (χ0v) is 47.4. The molecule has 0 aromatic heterocycles. The van der Waals surface area contributed by atoms with Crippen LogP contribution < -0.4 is 28.4 Å². The summed E-state index contributed by atoms with van der Waals surface area (Å²) in [7, 11) is 0. The van der Waals surface area contributed by atoms with E-state index in [0.29, 0.717) is 146 Å². The van der Waals surface area contributed by atoms with Crippen LogP contribution in [0.4, 0.5) is 0 Å². The predicted molar refractivity (Wildman–Crippen MR) is 299 cm³/mol. The highest BCUT2D eigenvalue weighted by Gasteiger charge is 2.40. The minimum absolute atomic E-state index is 0. The number of rotatable bonds is 30. The number of fused-ring (bicyclic) bond motifs is 2. The van der Waals surface area contributed by atoms with Gasteiger partial charge in [-0.15, -0.1) is 0 Å². The van der Waals surface area contributed by atoms with Crippen LogP contribution in [0.1, 0.15) is 196 Å². The molecule has 0 saturated carbocycles. The summed E-state index contributed by atoms with van der Waals surface area (Å²) in [5, 5.41) is 39.2. The summed E-state index contributed by atoms with van der Waals surface area (Å²) in [6, 6.07) is 13.7. The number of hydrogen-bond donors (Lipinski definition) is 4. The number of aliphatic hydroxyl groups excluding tert-OH is 2. The highest BCUT2D eigenvalue weighted by atomic mass is 16.5. The molecular weight excluding hydrogens is 1020 g/mol. The third kappa shape index (κ3) is 17.1. The van der Waals surface area contributed by atoms with Gasteiger partial charge in [-0.05, 0) is 115 Å². The van der Waals surface area contributed by atoms with Gasteiger partial charge in [-0.1, -0.05) is 53.4 Å². The molecule has 2 aliphatic heterocycles. The summed E-state index contributed by atoms with van der Waals surface area (Å²) in [5.74, 6) is 2.42. The zero-order valence-electron chi connectivity index (χ0n) is 47.4. The van der Waals surface area contributed by atoms with Crippen LogP contribution in [0.5, 0.6) is 46.0 Å². The average molecular weight is 1100 g/mol. The number of aliphatic hydroxyl groups is 2. The number of ether oxygens (including phenoxy) is 6. The average Bonchev–Trinajstić information content (AvgIpc) is 3.40. The Kier molecular flexibility index (Phi) is 25.0. The van der Waals surface area contributed by atoms with Gasteiger partial charge in [0.25, 0.3) is 0 Å². The lowest BCUT2D eigenvalue weighted by molar-refractivity contribution is -0.123. The van der Waals surface area contributed by atoms with Gasteiger partial charge in [0.2, 0.25) is 0 Å². The minimum atomic E-state index is -0.830. The molecule has 432 valence electrons. The van der Waals surface area contributed by atoms with Crippen LogP contribution in [-0.4, -0.2) is 111 Å². The van der Waals surface area contributed by atoms with Crippen molar-refractivity contribution in [3.8, 4) is 46.0 Å². The van der Waals surface area contributed by atoms with Gasteiger partial charge < -0.3 is 54.3 Å². The predicted octanol–water partition coefficient (Wildman–Crippen LogP) is 10.0. The maximum Gasteiger partial charge on any atom is 0.170 e. The van der Waals surface area contributed by atoms with E-state index in [9.17, 15) is 39.0 Å². The molecule has 2 atom stereocenters. The Balaban J connectivity index is 0.000000336. The Morgan fingerprint density at radius 2 is 0.810 bits per heavy atom. The van der Waals surface area contributed by atoms with Crippen LogP contribution in [0.2, 0.25) is 0 Å². The summed E-state index contributed by atoms with van der Waals surface area (Å²) in [6.45, 7) is 15.0. The highest BCUT2D eigenvalue weighted by molar-refractivity contribution is 6.02. The Labute approximate surface area is 464 Å². The highest BCUT2D eigenvalue weighted by Crippen LogP contribution is 2.44. The molecule has 0 saturated heterocycles. The number of phenols is 2. The third-order valence-corrected chi connectivity index (χ3v) is 13.9. The van der Waals surface area contributed by atoms with E-state index in [2.05, 4.69) is 0 Å². The maximum atomic E-state index is 13.0. The van der Waals surface area contributed by atoms with Crippen LogP contribution in [0, 0.1) is 0 Å². The first-order valence-corrected chi connectivity index (χ1v) is 27.5. The molecular formula is C62H82O17. The van der Waals surface area contributed by atoms with Crippen molar-refractivity contribution in [1.82, 2.24) is 0 Å². The lowest BCUT2D eigenvalue weighted by Crippen LogP contribution is -2.40. The van der Waals surface area contributed by atoms with Gasteiger partial charge in [0.1, 0.15) is 70.4 Å². The van der Waals surface area contributed by atoms with Crippen molar-refractivity contribution < 1.29 is 83.1 Å². The van der Waals surface area contributed by atoms with E-state index < -0.39 is 24.4 Å². The summed E-state index contributed by atoms with van der Waals surface area (Å²) < 4.78 is 36.8. The number of Topliss-reactive ketones (excluding diaryl/α,β-unsaturated/α-hetero) is 6. The second-order valence-electron chi connectivity index (χ2n) is 20.6. The SMILES string of the molecule is CCCc1c(OCCCOc2ccc3c(c2CCC)OC(C)(CCC(=O)CO)CC3=O)ccc(C(C)=O)c1O.CCCc1c(OCCCOc2ccc3c(c2CCC)OC(C)(CCC(=O)CO)CC3=O)ccc(C(C)=O)c1O.O. The van der Waals surface area contributed by atoms with Crippen molar-refractivity contribution in [2.45, 2.75) is 169 Å². The van der Waals surface area contributed by atoms with Crippen LogP contribution in [0.15, 0.2) is 48.5 Å². The smallest absolute Gasteiger partial charge is 0.170 e. The van der Waals surface area contributed by atoms with Crippen molar-refractivity contribution >= 4 is 34.7 Å². The fraction of sp³-hybridized carbons (Fsp3) is 0.516. The number of carbonyl (C=O) groups excluding carboxylic acids is 6. The lowest BCUT2D eigenvalue weighted by Gasteiger charge is -2.36. The first kappa shape index (κ1) is 64.7. The number of hydrogen-bond acceptors (Lipinski definition) is 16. The second-order valence-corrected chi connectivity index (χ2v) is 20.6. The van der Waals surface area contributed by atoms with Gasteiger partial charge >= 0.3 is 0 Å². The maximum absolute atomic E-state index is 13.0. The first-order valence-electron chi connectivity index (χ1n) is 27.5. The normalized spacial score (nSPS) is 16.2. The van der Waals surface area contributed by atoms with Crippen molar-refractivity contribution in [2.24, 2.45) is 0 Å². The molecule has 0 fully saturated rings. The van der Waals surface area contributed by atoms with Gasteiger partial charge in [0.15, 0.2) is 34.7 Å². The van der Waals surface area contributed by atoms with Gasteiger partial charge in [-0.25, -0.2) is 0 Å². The van der Waals surface area contributed by atoms with Crippen molar-refractivity contribution in [1.29, 1.82) is 0 Å². The Morgan fingerprint density at radius 3 is 1.11 bits per heavy atom. The molecule has 4 aromatic rings. The molecule has 79 heavy (non-hydrogen) atoms. The van der Waals surface area contributed by atoms with Gasteiger partial charge in [0, 0.05) is 47.9 Å². The topological polar surface area (TPSA) is 270 Å². The van der Waals surface area contributed by atoms with E-state index in [1.807, 2.05) is 53.7 Å². The Morgan fingerprint density at radius 1 is 0.506 bits per heavy atom. The molecule has 0 aliphatic carbocycles. The molecule has 17 nitrogen and oxygen atoms in total. The van der Waals surface area contributed by atoms with E-state index in [1.165, 1.54) is 13.8 Å². The zero-order chi connectivity index (χ0) is 57.2. The number of carbonyl (C=O) groups is 6. The second kappa shape index (κ2) is 30.5. The Hall–Kier alpha value is -6.82. The summed E-state index contributed by atoms with van der Waals surface area (Å²) in [6.07, 6.45) is 8.23. The first-order chi connectivity index (χ1) is 37.3. The number of aromatic hydroxyl groups is 2. The molecule has 17 heteroatoms. The lowest BCUT2D eigenvalue weighted by atomic mass is 9.86. The van der Waals surface area contributed by atoms with E-state index in [-0.39, 0.29) is 77.4 Å². The molecule has 0 amide bonds. The van der Waals surface area contributed by atoms with Gasteiger partial charge in [-0.2, -0.15) is 0 Å². The van der Waals surface area contributed by atoms with Crippen LogP contribution in [-0.2, 0) is 35.3 Å². The molecule has 2 aliphatic rings. The van der Waals surface area contributed by atoms with Gasteiger partial charge in [0.05, 0.1) is 61.5 Å².